The van der Waals surface area contributed by atoms with E-state index in [0.29, 0.717) is 24.7 Å². The molecule has 0 saturated heterocycles. The molecule has 0 radical (unpaired) electrons. The van der Waals surface area contributed by atoms with E-state index in [1.807, 2.05) is 67.6 Å². The summed E-state index contributed by atoms with van der Waals surface area (Å²) in [6, 6.07) is 19.5. The molecule has 146 valence electrons. The zero-order valence-electron chi connectivity index (χ0n) is 16.1. The second-order valence-corrected chi connectivity index (χ2v) is 7.54. The lowest BCUT2D eigenvalue weighted by molar-refractivity contribution is -0.118. The fourth-order valence-electron chi connectivity index (χ4n) is 3.10. The van der Waals surface area contributed by atoms with E-state index in [1.165, 1.54) is 11.3 Å². The fraction of sp³-hybridized carbons (Fsp3) is 0.174. The number of hydrogen-bond acceptors (Lipinski definition) is 5. The van der Waals surface area contributed by atoms with E-state index in [4.69, 9.17) is 9.72 Å². The van der Waals surface area contributed by atoms with Gasteiger partial charge in [0.1, 0.15) is 11.3 Å². The van der Waals surface area contributed by atoms with Crippen molar-refractivity contribution in [3.05, 3.63) is 84.2 Å². The average molecular weight is 404 g/mol. The first kappa shape index (κ1) is 19.1. The van der Waals surface area contributed by atoms with Gasteiger partial charge in [-0.3, -0.25) is 14.7 Å². The van der Waals surface area contributed by atoms with Crippen LogP contribution in [0.25, 0.3) is 10.2 Å². The molecule has 29 heavy (non-hydrogen) atoms. The van der Waals surface area contributed by atoms with Gasteiger partial charge in [-0.1, -0.05) is 53.8 Å². The first-order valence-corrected chi connectivity index (χ1v) is 10.3. The smallest absolute Gasteiger partial charge is 0.233 e. The van der Waals surface area contributed by atoms with Crippen molar-refractivity contribution in [2.75, 3.05) is 11.5 Å². The monoisotopic (exact) mass is 403 g/mol. The van der Waals surface area contributed by atoms with Crippen LogP contribution in [0, 0.1) is 0 Å². The van der Waals surface area contributed by atoms with Crippen LogP contribution in [0.3, 0.4) is 0 Å². The molecular formula is C23H21N3O2S. The summed E-state index contributed by atoms with van der Waals surface area (Å²) in [7, 11) is 0. The third-order valence-corrected chi connectivity index (χ3v) is 5.51. The summed E-state index contributed by atoms with van der Waals surface area (Å²) in [5, 5.41) is 0.664. The lowest BCUT2D eigenvalue weighted by atomic mass is 10.1. The molecule has 0 aliphatic rings. The minimum Gasteiger partial charge on any atom is -0.492 e. The number of fused-ring (bicyclic) bond motifs is 1. The zero-order valence-corrected chi connectivity index (χ0v) is 16.9. The van der Waals surface area contributed by atoms with Crippen LogP contribution in [0.2, 0.25) is 0 Å². The second-order valence-electron chi connectivity index (χ2n) is 6.54. The molecule has 4 rings (SSSR count). The van der Waals surface area contributed by atoms with Gasteiger partial charge in [0.2, 0.25) is 5.91 Å². The van der Waals surface area contributed by atoms with Gasteiger partial charge < -0.3 is 4.74 Å². The Bertz CT molecular complexity index is 1100. The summed E-state index contributed by atoms with van der Waals surface area (Å²) in [5.74, 6) is 0.737. The van der Waals surface area contributed by atoms with Gasteiger partial charge in [0.25, 0.3) is 0 Å². The maximum absolute atomic E-state index is 13.2. The first-order valence-electron chi connectivity index (χ1n) is 9.50. The summed E-state index contributed by atoms with van der Waals surface area (Å²) >= 11 is 1.50. The number of rotatable bonds is 7. The van der Waals surface area contributed by atoms with Crippen molar-refractivity contribution < 1.29 is 9.53 Å². The maximum Gasteiger partial charge on any atom is 0.233 e. The summed E-state index contributed by atoms with van der Waals surface area (Å²) in [4.78, 5) is 23.9. The molecule has 0 unspecified atom stereocenters. The number of ether oxygens (including phenoxy) is 1. The standard InChI is InChI=1S/C23H21N3O2S/c1-2-28-19-11-6-12-20-22(19)25-23(29-20)26(16-18-10-7-13-24-15-18)21(27)14-17-8-4-3-5-9-17/h3-13,15H,2,14,16H2,1H3. The van der Waals surface area contributed by atoms with Crippen molar-refractivity contribution in [3.8, 4) is 5.75 Å². The number of nitrogens with zero attached hydrogens (tertiary/aromatic N) is 3. The Balaban J connectivity index is 1.70. The summed E-state index contributed by atoms with van der Waals surface area (Å²) < 4.78 is 6.71. The van der Waals surface area contributed by atoms with Crippen LogP contribution in [0.15, 0.2) is 73.1 Å². The number of carbonyl (C=O) groups is 1. The second kappa shape index (κ2) is 8.84. The number of amides is 1. The van der Waals surface area contributed by atoms with Crippen molar-refractivity contribution >= 4 is 32.6 Å². The number of carbonyl (C=O) groups excluding carboxylic acids is 1. The van der Waals surface area contributed by atoms with E-state index in [9.17, 15) is 4.79 Å². The summed E-state index contributed by atoms with van der Waals surface area (Å²) in [5.41, 5.74) is 2.72. The number of benzene rings is 2. The average Bonchev–Trinajstić information content (AvgIpc) is 3.18. The highest BCUT2D eigenvalue weighted by molar-refractivity contribution is 7.22. The van der Waals surface area contributed by atoms with Crippen molar-refractivity contribution in [3.63, 3.8) is 0 Å². The Hall–Kier alpha value is -3.25. The van der Waals surface area contributed by atoms with Gasteiger partial charge in [-0.25, -0.2) is 4.98 Å². The SMILES string of the molecule is CCOc1cccc2sc(N(Cc3cccnc3)C(=O)Cc3ccccc3)nc12. The molecule has 6 heteroatoms. The van der Waals surface area contributed by atoms with Crippen LogP contribution < -0.4 is 9.64 Å². The predicted molar refractivity (Wildman–Crippen MR) is 116 cm³/mol. The number of thiazole rings is 1. The zero-order chi connectivity index (χ0) is 20.1. The third kappa shape index (κ3) is 4.43. The quantitative estimate of drug-likeness (QED) is 0.442. The fourth-order valence-corrected chi connectivity index (χ4v) is 4.10. The van der Waals surface area contributed by atoms with Crippen LogP contribution >= 0.6 is 11.3 Å². The van der Waals surface area contributed by atoms with Crippen molar-refractivity contribution in [2.24, 2.45) is 0 Å². The minimum atomic E-state index is -0.00271. The Morgan fingerprint density at radius 1 is 1.03 bits per heavy atom. The highest BCUT2D eigenvalue weighted by Crippen LogP contribution is 2.35. The minimum absolute atomic E-state index is 0.00271. The largest absolute Gasteiger partial charge is 0.492 e. The van der Waals surface area contributed by atoms with E-state index >= 15 is 0 Å². The highest BCUT2D eigenvalue weighted by atomic mass is 32.1. The molecule has 0 atom stereocenters. The molecule has 4 aromatic rings. The van der Waals surface area contributed by atoms with E-state index in [2.05, 4.69) is 4.98 Å². The molecule has 0 aliphatic carbocycles. The van der Waals surface area contributed by atoms with Gasteiger partial charge >= 0.3 is 0 Å². The normalized spacial score (nSPS) is 10.8. The van der Waals surface area contributed by atoms with Crippen LogP contribution in [-0.2, 0) is 17.8 Å². The Labute approximate surface area is 173 Å². The molecule has 0 N–H and O–H groups in total. The number of para-hydroxylation sites is 1. The van der Waals surface area contributed by atoms with Crippen LogP contribution in [0.5, 0.6) is 5.75 Å². The molecule has 0 bridgehead atoms. The Morgan fingerprint density at radius 2 is 1.86 bits per heavy atom. The molecule has 0 fully saturated rings. The molecule has 2 aromatic carbocycles. The molecule has 0 saturated carbocycles. The number of anilines is 1. The van der Waals surface area contributed by atoms with Gasteiger partial charge in [0.05, 0.1) is 24.3 Å². The molecular weight excluding hydrogens is 382 g/mol. The van der Waals surface area contributed by atoms with E-state index in [0.717, 1.165) is 27.1 Å². The van der Waals surface area contributed by atoms with Gasteiger partial charge in [0.15, 0.2) is 5.13 Å². The summed E-state index contributed by atoms with van der Waals surface area (Å²) in [6.45, 7) is 2.94. The molecule has 1 amide bonds. The van der Waals surface area contributed by atoms with Gasteiger partial charge in [0, 0.05) is 12.4 Å². The van der Waals surface area contributed by atoms with Crippen molar-refractivity contribution in [2.45, 2.75) is 19.9 Å². The first-order chi connectivity index (χ1) is 14.2. The lowest BCUT2D eigenvalue weighted by Crippen LogP contribution is -2.31. The topological polar surface area (TPSA) is 55.3 Å². The van der Waals surface area contributed by atoms with E-state index in [-0.39, 0.29) is 5.91 Å². The third-order valence-electron chi connectivity index (χ3n) is 4.46. The predicted octanol–water partition coefficient (Wildman–Crippen LogP) is 4.87. The molecule has 5 nitrogen and oxygen atoms in total. The van der Waals surface area contributed by atoms with E-state index in [1.54, 1.807) is 17.3 Å². The van der Waals surface area contributed by atoms with Crippen molar-refractivity contribution in [1.82, 2.24) is 9.97 Å². The molecule has 2 heterocycles. The molecule has 0 aliphatic heterocycles. The van der Waals surface area contributed by atoms with E-state index < -0.39 is 0 Å². The van der Waals surface area contributed by atoms with Crippen LogP contribution in [-0.4, -0.2) is 22.5 Å². The highest BCUT2D eigenvalue weighted by Gasteiger charge is 2.21. The molecule has 2 aromatic heterocycles. The lowest BCUT2D eigenvalue weighted by Gasteiger charge is -2.20. The van der Waals surface area contributed by atoms with Gasteiger partial charge in [-0.15, -0.1) is 0 Å². The van der Waals surface area contributed by atoms with Crippen LogP contribution in [0.1, 0.15) is 18.1 Å². The Kier molecular flexibility index (Phi) is 5.81. The van der Waals surface area contributed by atoms with Gasteiger partial charge in [-0.2, -0.15) is 0 Å². The number of aromatic nitrogens is 2. The van der Waals surface area contributed by atoms with Gasteiger partial charge in [-0.05, 0) is 36.2 Å². The Morgan fingerprint density at radius 3 is 2.62 bits per heavy atom. The number of pyridine rings is 1. The molecule has 0 spiro atoms. The van der Waals surface area contributed by atoms with Crippen molar-refractivity contribution in [1.29, 1.82) is 0 Å². The number of hydrogen-bond donors (Lipinski definition) is 0. The van der Waals surface area contributed by atoms with Crippen LogP contribution in [0.4, 0.5) is 5.13 Å². The maximum atomic E-state index is 13.2. The summed E-state index contributed by atoms with van der Waals surface area (Å²) in [6.07, 6.45) is 3.82.